The summed E-state index contributed by atoms with van der Waals surface area (Å²) in [5, 5.41) is 59.7. The minimum absolute atomic E-state index is 0.102. The third kappa shape index (κ3) is 6.39. The molecule has 6 nitrogen and oxygen atoms in total. The highest BCUT2D eigenvalue weighted by Gasteiger charge is 2.44. The van der Waals surface area contributed by atoms with Crippen LogP contribution in [0.15, 0.2) is 53.6 Å². The second kappa shape index (κ2) is 12.9. The molecule has 0 saturated heterocycles. The molecule has 0 heterocycles. The Morgan fingerprint density at radius 3 is 0.909 bits per heavy atom. The molecule has 55 heavy (non-hydrogen) atoms. The zero-order valence-corrected chi connectivity index (χ0v) is 26.1. The van der Waals surface area contributed by atoms with Crippen LogP contribution in [-0.2, 0) is 24.7 Å². The van der Waals surface area contributed by atoms with Gasteiger partial charge in [-0.2, -0.15) is 84.3 Å². The largest absolute Gasteiger partial charge is 0.416 e. The fourth-order valence-electron chi connectivity index (χ4n) is 6.10. The summed E-state index contributed by atoms with van der Waals surface area (Å²) in [5.74, 6) is -1.79. The van der Waals surface area contributed by atoms with Crippen LogP contribution in [0.1, 0.15) is 55.6 Å². The van der Waals surface area contributed by atoms with Gasteiger partial charge in [-0.25, -0.2) is 4.39 Å². The number of benzene rings is 3. The number of hydrogen-bond donors (Lipinski definition) is 0. The Labute approximate surface area is 298 Å². The van der Waals surface area contributed by atoms with Crippen molar-refractivity contribution < 1.29 is 57.1 Å². The number of fused-ring (bicyclic) bond motifs is 2. The Balaban J connectivity index is 2.02. The summed E-state index contributed by atoms with van der Waals surface area (Å²) in [4.78, 5) is 0. The number of alkyl halides is 12. The summed E-state index contributed by atoms with van der Waals surface area (Å²) in [5.41, 5.74) is -22.2. The van der Waals surface area contributed by atoms with Gasteiger partial charge in [0.15, 0.2) is 0 Å². The Morgan fingerprint density at radius 2 is 0.691 bits per heavy atom. The smallest absolute Gasteiger partial charge is 0.206 e. The minimum Gasteiger partial charge on any atom is -0.206 e. The van der Waals surface area contributed by atoms with Crippen LogP contribution >= 0.6 is 0 Å². The standard InChI is InChI=1S/C36H7F13N6/c37-32-30-22(28(16(8-50)9-51)26(24(30)12-54)14-1-18(33(38,39)40)5-19(2-14)34(41,42)43)7-23-29(17(10-52)11-53)27(25(13-55)31(23)32)15-3-20(35(44,45)46)6-21(4-15)36(47,48)49/h1-7H. The molecule has 0 radical (unpaired) electrons. The predicted molar refractivity (Wildman–Crippen MR) is 160 cm³/mol. The Hall–Kier alpha value is -7.35. The summed E-state index contributed by atoms with van der Waals surface area (Å²) in [7, 11) is 0. The second-order valence-electron chi connectivity index (χ2n) is 11.3. The maximum Gasteiger partial charge on any atom is 0.416 e. The van der Waals surface area contributed by atoms with Crippen LogP contribution in [0.3, 0.4) is 0 Å². The van der Waals surface area contributed by atoms with Crippen molar-refractivity contribution in [1.82, 2.24) is 0 Å². The predicted octanol–water partition coefficient (Wildman–Crippen LogP) is 10.4. The van der Waals surface area contributed by atoms with Crippen molar-refractivity contribution in [2.24, 2.45) is 0 Å². The molecule has 2 aliphatic carbocycles. The molecule has 19 heteroatoms. The number of halogens is 13. The summed E-state index contributed by atoms with van der Waals surface area (Å²) in [6.45, 7) is 0. The molecular formula is C36H7F13N6. The lowest BCUT2D eigenvalue weighted by Gasteiger charge is -2.17. The maximum atomic E-state index is 17.0. The first kappa shape index (κ1) is 38.9. The molecular weight excluding hydrogens is 763 g/mol. The van der Waals surface area contributed by atoms with Gasteiger partial charge in [-0.15, -0.1) is 0 Å². The highest BCUT2D eigenvalue weighted by molar-refractivity contribution is 6.30. The zero-order chi connectivity index (χ0) is 41.2. The molecule has 2 aliphatic rings. The number of nitrogens with zero attached hydrogens (tertiary/aromatic N) is 6. The summed E-state index contributed by atoms with van der Waals surface area (Å²) in [6, 6.07) is 8.54. The molecule has 3 aromatic rings. The number of nitriles is 6. The van der Waals surface area contributed by atoms with Crippen LogP contribution in [0.5, 0.6) is 0 Å². The second-order valence-corrected chi connectivity index (χ2v) is 11.3. The van der Waals surface area contributed by atoms with Gasteiger partial charge in [0.1, 0.15) is 53.4 Å². The summed E-state index contributed by atoms with van der Waals surface area (Å²) < 4.78 is 183. The Bertz CT molecular complexity index is 2380. The molecule has 0 saturated carbocycles. The van der Waals surface area contributed by atoms with Crippen molar-refractivity contribution in [3.63, 3.8) is 0 Å². The van der Waals surface area contributed by atoms with Crippen LogP contribution in [0.2, 0.25) is 0 Å². The molecule has 0 N–H and O–H groups in total. The van der Waals surface area contributed by atoms with E-state index in [4.69, 9.17) is 0 Å². The van der Waals surface area contributed by atoms with E-state index in [0.717, 1.165) is 0 Å². The van der Waals surface area contributed by atoms with E-state index in [0.29, 0.717) is 6.07 Å². The van der Waals surface area contributed by atoms with Gasteiger partial charge >= 0.3 is 24.7 Å². The number of hydrogen-bond acceptors (Lipinski definition) is 6. The van der Waals surface area contributed by atoms with E-state index in [1.165, 1.54) is 36.4 Å². The highest BCUT2D eigenvalue weighted by Crippen LogP contribution is 2.57. The van der Waals surface area contributed by atoms with E-state index in [1.807, 2.05) is 0 Å². The van der Waals surface area contributed by atoms with Crippen LogP contribution in [-0.4, -0.2) is 0 Å². The van der Waals surface area contributed by atoms with Crippen LogP contribution < -0.4 is 0 Å². The average Bonchev–Trinajstić information content (AvgIpc) is 3.61. The first-order valence-electron chi connectivity index (χ1n) is 14.3. The van der Waals surface area contributed by atoms with Gasteiger partial charge in [0.25, 0.3) is 0 Å². The van der Waals surface area contributed by atoms with E-state index in [2.05, 4.69) is 0 Å². The van der Waals surface area contributed by atoms with Gasteiger partial charge in [-0.05, 0) is 64.7 Å². The average molecular weight is 770 g/mol. The molecule has 272 valence electrons. The molecule has 5 rings (SSSR count). The lowest BCUT2D eigenvalue weighted by atomic mass is 9.88. The first-order valence-corrected chi connectivity index (χ1v) is 14.3. The van der Waals surface area contributed by atoms with Gasteiger partial charge in [0.05, 0.1) is 33.4 Å². The highest BCUT2D eigenvalue weighted by atomic mass is 19.4. The SMILES string of the molecule is N#CC(C#N)=C1C(c2cc(C(F)(F)F)cc(C(F)(F)F)c2)=C(C#N)c2c1cc1c(c2F)C(C#N)=C(c2cc(C(F)(F)F)cc(C(F)(F)F)c2)C1=C(C#N)C#N. The normalized spacial score (nSPS) is 13.9. The minimum atomic E-state index is -5.47. The topological polar surface area (TPSA) is 143 Å². The lowest BCUT2D eigenvalue weighted by Crippen LogP contribution is -2.12. The molecule has 0 bridgehead atoms. The molecule has 3 aromatic carbocycles. The van der Waals surface area contributed by atoms with Gasteiger partial charge < -0.3 is 0 Å². The monoisotopic (exact) mass is 770 g/mol. The van der Waals surface area contributed by atoms with Crippen molar-refractivity contribution in [1.29, 1.82) is 31.6 Å². The molecule has 0 fully saturated rings. The lowest BCUT2D eigenvalue weighted by molar-refractivity contribution is -0.144. The maximum absolute atomic E-state index is 17.0. The zero-order valence-electron chi connectivity index (χ0n) is 26.1. The molecule has 0 aliphatic heterocycles. The van der Waals surface area contributed by atoms with Crippen molar-refractivity contribution in [2.75, 3.05) is 0 Å². The van der Waals surface area contributed by atoms with Crippen LogP contribution in [0.25, 0.3) is 33.4 Å². The van der Waals surface area contributed by atoms with Gasteiger partial charge in [0, 0.05) is 33.4 Å². The van der Waals surface area contributed by atoms with Gasteiger partial charge in [-0.3, -0.25) is 0 Å². The third-order valence-electron chi connectivity index (χ3n) is 8.23. The van der Waals surface area contributed by atoms with Crippen LogP contribution in [0.4, 0.5) is 57.1 Å². The van der Waals surface area contributed by atoms with Crippen molar-refractivity contribution in [3.05, 3.63) is 115 Å². The fraction of sp³-hybridized carbons (Fsp3) is 0.111. The third-order valence-corrected chi connectivity index (χ3v) is 8.23. The molecule has 0 amide bonds. The van der Waals surface area contributed by atoms with E-state index in [9.17, 15) is 84.3 Å². The van der Waals surface area contributed by atoms with E-state index < -0.39 is 131 Å². The molecule has 0 aromatic heterocycles. The van der Waals surface area contributed by atoms with Crippen molar-refractivity contribution in [3.8, 4) is 36.4 Å². The van der Waals surface area contributed by atoms with Gasteiger partial charge in [0.2, 0.25) is 0 Å². The van der Waals surface area contributed by atoms with E-state index >= 15 is 4.39 Å². The number of rotatable bonds is 2. The number of allylic oxidation sites excluding steroid dienone is 8. The molecule has 0 atom stereocenters. The van der Waals surface area contributed by atoms with E-state index in [-0.39, 0.29) is 36.4 Å². The first-order chi connectivity index (χ1) is 25.5. The van der Waals surface area contributed by atoms with Crippen molar-refractivity contribution in [2.45, 2.75) is 24.7 Å². The molecule has 0 spiro atoms. The summed E-state index contributed by atoms with van der Waals surface area (Å²) >= 11 is 0. The van der Waals surface area contributed by atoms with Gasteiger partial charge in [-0.1, -0.05) is 0 Å². The quantitative estimate of drug-likeness (QED) is 0.187. The molecule has 0 unspecified atom stereocenters. The Kier molecular flexibility index (Phi) is 9.15. The summed E-state index contributed by atoms with van der Waals surface area (Å²) in [6.07, 6.45) is -21.9. The van der Waals surface area contributed by atoms with E-state index in [1.54, 1.807) is 0 Å². The fourth-order valence-corrected chi connectivity index (χ4v) is 6.10. The Morgan fingerprint density at radius 1 is 0.418 bits per heavy atom. The van der Waals surface area contributed by atoms with Crippen LogP contribution in [0, 0.1) is 73.8 Å². The van der Waals surface area contributed by atoms with Crippen molar-refractivity contribution >= 4 is 33.4 Å².